The lowest BCUT2D eigenvalue weighted by Gasteiger charge is -2.10. The summed E-state index contributed by atoms with van der Waals surface area (Å²) in [6.45, 7) is 1.64. The van der Waals surface area contributed by atoms with Gasteiger partial charge in [-0.25, -0.2) is 4.79 Å². The number of hydrogen-bond acceptors (Lipinski definition) is 2. The molecule has 0 bridgehead atoms. The average molecular weight is 260 g/mol. The van der Waals surface area contributed by atoms with Gasteiger partial charge in [-0.2, -0.15) is 0 Å². The third-order valence-corrected chi connectivity index (χ3v) is 2.91. The lowest BCUT2D eigenvalue weighted by Crippen LogP contribution is -2.31. The van der Waals surface area contributed by atoms with Crippen LogP contribution in [0, 0.1) is 0 Å². The molecule has 0 aliphatic carbocycles. The van der Waals surface area contributed by atoms with Crippen LogP contribution in [0.5, 0.6) is 0 Å². The Morgan fingerprint density at radius 2 is 2.11 bits per heavy atom. The summed E-state index contributed by atoms with van der Waals surface area (Å²) >= 11 is 0. The van der Waals surface area contributed by atoms with E-state index in [-0.39, 0.29) is 6.03 Å². The summed E-state index contributed by atoms with van der Waals surface area (Å²) in [6, 6.07) is 7.71. The van der Waals surface area contributed by atoms with E-state index in [0.717, 1.165) is 29.6 Å². The first-order valence-corrected chi connectivity index (χ1v) is 6.42. The summed E-state index contributed by atoms with van der Waals surface area (Å²) in [6.07, 6.45) is 2.75. The second-order valence-electron chi connectivity index (χ2n) is 4.79. The average Bonchev–Trinajstić information content (AvgIpc) is 2.78. The largest absolute Gasteiger partial charge is 0.359 e. The van der Waals surface area contributed by atoms with E-state index in [9.17, 15) is 4.79 Å². The van der Waals surface area contributed by atoms with Crippen molar-refractivity contribution in [2.24, 2.45) is 0 Å². The van der Waals surface area contributed by atoms with Crippen molar-refractivity contribution in [1.29, 1.82) is 0 Å². The zero-order valence-electron chi connectivity index (χ0n) is 11.4. The molecule has 2 amide bonds. The second kappa shape index (κ2) is 6.24. The molecule has 5 heteroatoms. The predicted octanol–water partition coefficient (Wildman–Crippen LogP) is 2.24. The number of aromatic nitrogens is 1. The molecule has 0 unspecified atom stereocenters. The third kappa shape index (κ3) is 3.72. The van der Waals surface area contributed by atoms with E-state index in [4.69, 9.17) is 0 Å². The molecule has 0 spiro atoms. The Hall–Kier alpha value is -2.01. The zero-order chi connectivity index (χ0) is 13.7. The van der Waals surface area contributed by atoms with E-state index in [1.807, 2.05) is 44.6 Å². The van der Waals surface area contributed by atoms with E-state index in [1.165, 1.54) is 0 Å². The number of aromatic amines is 1. The molecule has 0 aliphatic heterocycles. The Kier molecular flexibility index (Phi) is 4.41. The van der Waals surface area contributed by atoms with Gasteiger partial charge in [0.1, 0.15) is 0 Å². The Balaban J connectivity index is 1.85. The minimum absolute atomic E-state index is 0.163. The van der Waals surface area contributed by atoms with Crippen LogP contribution in [0.25, 0.3) is 10.9 Å². The van der Waals surface area contributed by atoms with Crippen molar-refractivity contribution in [2.45, 2.75) is 6.42 Å². The van der Waals surface area contributed by atoms with Gasteiger partial charge in [0.05, 0.1) is 5.69 Å². The molecule has 2 aromatic rings. The van der Waals surface area contributed by atoms with Crippen molar-refractivity contribution in [3.8, 4) is 0 Å². The molecule has 1 aromatic carbocycles. The normalized spacial score (nSPS) is 10.9. The van der Waals surface area contributed by atoms with Crippen LogP contribution in [-0.4, -0.2) is 43.1 Å². The Morgan fingerprint density at radius 1 is 1.32 bits per heavy atom. The molecule has 0 saturated heterocycles. The van der Waals surface area contributed by atoms with Gasteiger partial charge >= 0.3 is 6.03 Å². The number of hydrogen-bond donors (Lipinski definition) is 3. The minimum Gasteiger partial charge on any atom is -0.359 e. The van der Waals surface area contributed by atoms with E-state index in [2.05, 4.69) is 20.5 Å². The van der Waals surface area contributed by atoms with Gasteiger partial charge in [0, 0.05) is 23.6 Å². The van der Waals surface area contributed by atoms with E-state index in [0.29, 0.717) is 6.54 Å². The van der Waals surface area contributed by atoms with Gasteiger partial charge in [0.25, 0.3) is 0 Å². The van der Waals surface area contributed by atoms with Crippen LogP contribution < -0.4 is 10.6 Å². The lowest BCUT2D eigenvalue weighted by molar-refractivity contribution is 0.251. The maximum absolute atomic E-state index is 11.7. The number of urea groups is 1. The number of carbonyl (C=O) groups excluding carboxylic acids is 1. The van der Waals surface area contributed by atoms with Gasteiger partial charge in [0.15, 0.2) is 0 Å². The van der Waals surface area contributed by atoms with E-state index < -0.39 is 0 Å². The van der Waals surface area contributed by atoms with Crippen molar-refractivity contribution in [3.05, 3.63) is 30.5 Å². The third-order valence-electron chi connectivity index (χ3n) is 2.91. The van der Waals surface area contributed by atoms with Gasteiger partial charge in [0.2, 0.25) is 0 Å². The molecule has 0 saturated carbocycles. The molecule has 1 aromatic heterocycles. The van der Waals surface area contributed by atoms with Crippen LogP contribution in [0.1, 0.15) is 6.42 Å². The zero-order valence-corrected chi connectivity index (χ0v) is 11.4. The van der Waals surface area contributed by atoms with Gasteiger partial charge < -0.3 is 20.5 Å². The molecule has 1 heterocycles. The van der Waals surface area contributed by atoms with Crippen molar-refractivity contribution in [2.75, 3.05) is 32.5 Å². The highest BCUT2D eigenvalue weighted by molar-refractivity contribution is 6.00. The fourth-order valence-corrected chi connectivity index (χ4v) is 1.94. The summed E-state index contributed by atoms with van der Waals surface area (Å²) < 4.78 is 0. The van der Waals surface area contributed by atoms with Crippen LogP contribution in [0.2, 0.25) is 0 Å². The smallest absolute Gasteiger partial charge is 0.319 e. The molecule has 19 heavy (non-hydrogen) atoms. The molecule has 0 radical (unpaired) electrons. The number of rotatable bonds is 5. The molecule has 2 rings (SSSR count). The first kappa shape index (κ1) is 13.4. The first-order valence-electron chi connectivity index (χ1n) is 6.42. The molecular weight excluding hydrogens is 240 g/mol. The lowest BCUT2D eigenvalue weighted by atomic mass is 10.2. The molecule has 5 nitrogen and oxygen atoms in total. The SMILES string of the molecule is CN(C)CCCNC(=O)Nc1c[nH]c2ccccc12. The number of fused-ring (bicyclic) bond motifs is 1. The fraction of sp³-hybridized carbons (Fsp3) is 0.357. The topological polar surface area (TPSA) is 60.2 Å². The highest BCUT2D eigenvalue weighted by atomic mass is 16.2. The number of amides is 2. The van der Waals surface area contributed by atoms with Crippen LogP contribution >= 0.6 is 0 Å². The maximum Gasteiger partial charge on any atom is 0.319 e. The van der Waals surface area contributed by atoms with Crippen LogP contribution in [0.3, 0.4) is 0 Å². The minimum atomic E-state index is -0.163. The summed E-state index contributed by atoms with van der Waals surface area (Å²) in [4.78, 5) is 17.0. The standard InChI is InChI=1S/C14H20N4O/c1-18(2)9-5-8-15-14(19)17-13-10-16-12-7-4-3-6-11(12)13/h3-4,6-7,10,16H,5,8-9H2,1-2H3,(H2,15,17,19). The fourth-order valence-electron chi connectivity index (χ4n) is 1.94. The monoisotopic (exact) mass is 260 g/mol. The summed E-state index contributed by atoms with van der Waals surface area (Å²) in [5.74, 6) is 0. The Labute approximate surface area is 113 Å². The molecule has 0 fully saturated rings. The van der Waals surface area contributed by atoms with Crippen LogP contribution in [0.4, 0.5) is 10.5 Å². The van der Waals surface area contributed by atoms with Gasteiger partial charge in [-0.3, -0.25) is 0 Å². The molecule has 0 atom stereocenters. The Morgan fingerprint density at radius 3 is 2.89 bits per heavy atom. The number of carbonyl (C=O) groups is 1. The van der Waals surface area contributed by atoms with E-state index in [1.54, 1.807) is 0 Å². The molecule has 102 valence electrons. The van der Waals surface area contributed by atoms with Gasteiger partial charge in [-0.1, -0.05) is 18.2 Å². The number of benzene rings is 1. The molecule has 0 aliphatic rings. The number of H-pyrrole nitrogens is 1. The first-order chi connectivity index (χ1) is 9.16. The molecular formula is C14H20N4O. The number of anilines is 1. The second-order valence-corrected chi connectivity index (χ2v) is 4.79. The van der Waals surface area contributed by atoms with E-state index >= 15 is 0 Å². The summed E-state index contributed by atoms with van der Waals surface area (Å²) in [7, 11) is 4.04. The summed E-state index contributed by atoms with van der Waals surface area (Å²) in [5.41, 5.74) is 1.83. The van der Waals surface area contributed by atoms with Gasteiger partial charge in [-0.15, -0.1) is 0 Å². The highest BCUT2D eigenvalue weighted by Crippen LogP contribution is 2.22. The summed E-state index contributed by atoms with van der Waals surface area (Å²) in [5, 5.41) is 6.73. The number of para-hydroxylation sites is 1. The maximum atomic E-state index is 11.7. The quantitative estimate of drug-likeness (QED) is 0.722. The molecule has 3 N–H and O–H groups in total. The van der Waals surface area contributed by atoms with Gasteiger partial charge in [-0.05, 0) is 33.1 Å². The Bertz CT molecular complexity index is 547. The highest BCUT2D eigenvalue weighted by Gasteiger charge is 2.06. The van der Waals surface area contributed by atoms with Crippen molar-refractivity contribution < 1.29 is 4.79 Å². The van der Waals surface area contributed by atoms with Crippen LogP contribution in [-0.2, 0) is 0 Å². The number of nitrogens with one attached hydrogen (secondary N) is 3. The van der Waals surface area contributed by atoms with Crippen molar-refractivity contribution in [1.82, 2.24) is 15.2 Å². The predicted molar refractivity (Wildman–Crippen MR) is 78.5 cm³/mol. The van der Waals surface area contributed by atoms with Crippen molar-refractivity contribution >= 4 is 22.6 Å². The van der Waals surface area contributed by atoms with Crippen LogP contribution in [0.15, 0.2) is 30.5 Å². The number of nitrogens with zero attached hydrogens (tertiary/aromatic N) is 1. The van der Waals surface area contributed by atoms with Crippen molar-refractivity contribution in [3.63, 3.8) is 0 Å².